The summed E-state index contributed by atoms with van der Waals surface area (Å²) in [6, 6.07) is 6.75. The maximum Gasteiger partial charge on any atom is 0.230 e. The lowest BCUT2D eigenvalue weighted by molar-refractivity contribution is 0.404. The molecule has 0 unspecified atom stereocenters. The van der Waals surface area contributed by atoms with Crippen LogP contribution in [0.15, 0.2) is 30.3 Å². The van der Waals surface area contributed by atoms with Crippen LogP contribution in [0.3, 0.4) is 0 Å². The molecular weight excluding hydrogens is 252 g/mol. The molecule has 3 N–H and O–H groups in total. The van der Waals surface area contributed by atoms with Crippen molar-refractivity contribution in [3.8, 4) is 11.6 Å². The van der Waals surface area contributed by atoms with E-state index in [1.54, 1.807) is 13.0 Å². The fourth-order valence-electron chi connectivity index (χ4n) is 1.48. The van der Waals surface area contributed by atoms with Crippen molar-refractivity contribution in [1.82, 2.24) is 4.98 Å². The molecule has 0 saturated carbocycles. The van der Waals surface area contributed by atoms with E-state index in [2.05, 4.69) is 4.98 Å². The number of hydrogen-bond donors (Lipinski definition) is 2. The highest BCUT2D eigenvalue weighted by molar-refractivity contribution is 5.97. The van der Waals surface area contributed by atoms with E-state index in [-0.39, 0.29) is 23.0 Å². The Morgan fingerprint density at radius 1 is 1.26 bits per heavy atom. The monoisotopic (exact) mass is 263 g/mol. The van der Waals surface area contributed by atoms with Gasteiger partial charge in [0.2, 0.25) is 11.7 Å². The van der Waals surface area contributed by atoms with Crippen LogP contribution in [0, 0.1) is 24.0 Å². The topological polar surface area (TPSA) is 72.0 Å². The van der Waals surface area contributed by atoms with Gasteiger partial charge in [0.05, 0.1) is 5.56 Å². The van der Waals surface area contributed by atoms with Crippen LogP contribution in [0.5, 0.6) is 11.6 Å². The van der Waals surface area contributed by atoms with E-state index in [4.69, 9.17) is 15.9 Å². The van der Waals surface area contributed by atoms with Crippen LogP contribution in [0.1, 0.15) is 11.3 Å². The van der Waals surface area contributed by atoms with Gasteiger partial charge in [-0.1, -0.05) is 6.07 Å². The van der Waals surface area contributed by atoms with Crippen molar-refractivity contribution in [2.24, 2.45) is 5.73 Å². The van der Waals surface area contributed by atoms with E-state index in [1.807, 2.05) is 0 Å². The second-order valence-corrected chi connectivity index (χ2v) is 3.87. The van der Waals surface area contributed by atoms with Gasteiger partial charge >= 0.3 is 0 Å². The summed E-state index contributed by atoms with van der Waals surface area (Å²) in [4.78, 5) is 4.03. The van der Waals surface area contributed by atoms with Gasteiger partial charge < -0.3 is 10.5 Å². The number of benzene rings is 1. The zero-order valence-corrected chi connectivity index (χ0v) is 10.1. The largest absolute Gasteiger partial charge is 0.435 e. The standard InChI is InChI=1S/C13H11F2N3O/c1-7-5-6-8(12(16)17)13(18-7)19-10-4-2-3-9(14)11(10)15/h2-6H,1H3,(H3,16,17). The number of nitrogen functional groups attached to an aromatic ring is 1. The molecule has 6 heteroatoms. The van der Waals surface area contributed by atoms with Gasteiger partial charge in [-0.2, -0.15) is 4.39 Å². The third-order valence-electron chi connectivity index (χ3n) is 2.41. The summed E-state index contributed by atoms with van der Waals surface area (Å²) in [6.45, 7) is 1.71. The fourth-order valence-corrected chi connectivity index (χ4v) is 1.48. The number of ether oxygens (including phenoxy) is 1. The van der Waals surface area contributed by atoms with E-state index in [0.29, 0.717) is 5.69 Å². The second-order valence-electron chi connectivity index (χ2n) is 3.87. The number of nitrogens with one attached hydrogen (secondary N) is 1. The molecule has 19 heavy (non-hydrogen) atoms. The molecule has 0 aliphatic heterocycles. The maximum absolute atomic E-state index is 13.5. The third-order valence-corrected chi connectivity index (χ3v) is 2.41. The third kappa shape index (κ3) is 2.67. The quantitative estimate of drug-likeness (QED) is 0.660. The predicted molar refractivity (Wildman–Crippen MR) is 66.4 cm³/mol. The Morgan fingerprint density at radius 2 is 2.00 bits per heavy atom. The van der Waals surface area contributed by atoms with Crippen molar-refractivity contribution in [2.75, 3.05) is 0 Å². The number of aryl methyl sites for hydroxylation is 1. The van der Waals surface area contributed by atoms with Gasteiger partial charge in [-0.15, -0.1) is 0 Å². The Bertz CT molecular complexity index is 644. The predicted octanol–water partition coefficient (Wildman–Crippen LogP) is 2.74. The van der Waals surface area contributed by atoms with E-state index in [0.717, 1.165) is 6.07 Å². The first-order valence-corrected chi connectivity index (χ1v) is 5.43. The molecule has 0 saturated heterocycles. The number of hydrogen-bond acceptors (Lipinski definition) is 3. The first-order valence-electron chi connectivity index (χ1n) is 5.43. The molecule has 0 radical (unpaired) electrons. The van der Waals surface area contributed by atoms with Crippen molar-refractivity contribution in [2.45, 2.75) is 6.92 Å². The molecule has 1 aromatic carbocycles. The molecule has 0 atom stereocenters. The summed E-state index contributed by atoms with van der Waals surface area (Å²) < 4.78 is 31.8. The molecule has 0 spiro atoms. The molecule has 0 bridgehead atoms. The van der Waals surface area contributed by atoms with E-state index >= 15 is 0 Å². The molecule has 2 aromatic rings. The number of nitrogens with two attached hydrogens (primary N) is 1. The lowest BCUT2D eigenvalue weighted by atomic mass is 10.2. The zero-order chi connectivity index (χ0) is 14.0. The van der Waals surface area contributed by atoms with Gasteiger partial charge in [-0.25, -0.2) is 9.37 Å². The summed E-state index contributed by atoms with van der Waals surface area (Å²) in [5.41, 5.74) is 6.21. The highest BCUT2D eigenvalue weighted by atomic mass is 19.2. The van der Waals surface area contributed by atoms with E-state index in [1.165, 1.54) is 18.2 Å². The molecule has 0 aliphatic rings. The molecule has 0 amide bonds. The van der Waals surface area contributed by atoms with Gasteiger partial charge in [-0.3, -0.25) is 5.41 Å². The maximum atomic E-state index is 13.5. The van der Waals surface area contributed by atoms with Crippen LogP contribution in [-0.2, 0) is 0 Å². The molecule has 0 fully saturated rings. The number of amidine groups is 1. The van der Waals surface area contributed by atoms with Crippen LogP contribution in [-0.4, -0.2) is 10.8 Å². The Morgan fingerprint density at radius 3 is 2.68 bits per heavy atom. The number of aromatic nitrogens is 1. The molecule has 0 aliphatic carbocycles. The highest BCUT2D eigenvalue weighted by Gasteiger charge is 2.14. The lowest BCUT2D eigenvalue weighted by Gasteiger charge is -2.10. The van der Waals surface area contributed by atoms with Gasteiger partial charge in [0.25, 0.3) is 0 Å². The van der Waals surface area contributed by atoms with Crippen molar-refractivity contribution in [3.63, 3.8) is 0 Å². The molecule has 1 heterocycles. The number of pyridine rings is 1. The zero-order valence-electron chi connectivity index (χ0n) is 10.1. The van der Waals surface area contributed by atoms with Crippen molar-refractivity contribution in [3.05, 3.63) is 53.2 Å². The summed E-state index contributed by atoms with van der Waals surface area (Å²) >= 11 is 0. The van der Waals surface area contributed by atoms with Crippen molar-refractivity contribution >= 4 is 5.84 Å². The fraction of sp³-hybridized carbons (Fsp3) is 0.0769. The number of rotatable bonds is 3. The van der Waals surface area contributed by atoms with Crippen molar-refractivity contribution < 1.29 is 13.5 Å². The van der Waals surface area contributed by atoms with Gasteiger partial charge in [0, 0.05) is 5.69 Å². The second kappa shape index (κ2) is 5.01. The van der Waals surface area contributed by atoms with Crippen LogP contribution >= 0.6 is 0 Å². The Kier molecular flexibility index (Phi) is 3.41. The minimum atomic E-state index is -1.11. The minimum absolute atomic E-state index is 0.0306. The van der Waals surface area contributed by atoms with Gasteiger partial charge in [0.1, 0.15) is 5.84 Å². The number of nitrogens with zero attached hydrogens (tertiary/aromatic N) is 1. The van der Waals surface area contributed by atoms with Crippen LogP contribution in [0.2, 0.25) is 0 Å². The molecular formula is C13H11F2N3O. The van der Waals surface area contributed by atoms with Crippen LogP contribution < -0.4 is 10.5 Å². The minimum Gasteiger partial charge on any atom is -0.435 e. The normalized spacial score (nSPS) is 10.3. The number of halogens is 2. The summed E-state index contributed by atoms with van der Waals surface area (Å²) in [7, 11) is 0. The van der Waals surface area contributed by atoms with Crippen LogP contribution in [0.25, 0.3) is 0 Å². The molecule has 2 rings (SSSR count). The SMILES string of the molecule is Cc1ccc(C(=N)N)c(Oc2cccc(F)c2F)n1. The Labute approximate surface area is 108 Å². The molecule has 1 aromatic heterocycles. The van der Waals surface area contributed by atoms with Crippen LogP contribution in [0.4, 0.5) is 8.78 Å². The summed E-state index contributed by atoms with van der Waals surface area (Å²) in [5, 5.41) is 7.40. The van der Waals surface area contributed by atoms with E-state index in [9.17, 15) is 8.78 Å². The summed E-state index contributed by atoms with van der Waals surface area (Å²) in [6.07, 6.45) is 0. The molecule has 98 valence electrons. The highest BCUT2D eigenvalue weighted by Crippen LogP contribution is 2.27. The Hall–Kier alpha value is -2.50. The average molecular weight is 263 g/mol. The smallest absolute Gasteiger partial charge is 0.230 e. The lowest BCUT2D eigenvalue weighted by Crippen LogP contribution is -2.13. The van der Waals surface area contributed by atoms with Crippen molar-refractivity contribution in [1.29, 1.82) is 5.41 Å². The molecule has 4 nitrogen and oxygen atoms in total. The average Bonchev–Trinajstić information content (AvgIpc) is 2.35. The summed E-state index contributed by atoms with van der Waals surface area (Å²) in [5.74, 6) is -2.73. The first-order chi connectivity index (χ1) is 8.99. The van der Waals surface area contributed by atoms with E-state index < -0.39 is 11.6 Å². The van der Waals surface area contributed by atoms with Gasteiger partial charge in [0.15, 0.2) is 11.6 Å². The Balaban J connectivity index is 2.45. The first kappa shape index (κ1) is 12.9. The van der Waals surface area contributed by atoms with Gasteiger partial charge in [-0.05, 0) is 31.2 Å².